The van der Waals surface area contributed by atoms with Gasteiger partial charge in [-0.3, -0.25) is 14.6 Å². The highest BCUT2D eigenvalue weighted by Gasteiger charge is 2.12. The van der Waals surface area contributed by atoms with Crippen LogP contribution in [0.2, 0.25) is 0 Å². The van der Waals surface area contributed by atoms with Crippen LogP contribution >= 0.6 is 0 Å². The molecular weight excluding hydrogens is 330 g/mol. The summed E-state index contributed by atoms with van der Waals surface area (Å²) in [4.78, 5) is 28.1. The van der Waals surface area contributed by atoms with Crippen molar-refractivity contribution in [3.05, 3.63) is 60.3 Å². The smallest absolute Gasteiger partial charge is 0.228 e. The van der Waals surface area contributed by atoms with Gasteiger partial charge in [-0.25, -0.2) is 0 Å². The van der Waals surface area contributed by atoms with Gasteiger partial charge >= 0.3 is 0 Å². The van der Waals surface area contributed by atoms with Gasteiger partial charge in [-0.2, -0.15) is 0 Å². The average Bonchev–Trinajstić information content (AvgIpc) is 2.62. The maximum absolute atomic E-state index is 12.5. The fraction of sp³-hybridized carbons (Fsp3) is 0.150. The van der Waals surface area contributed by atoms with Crippen LogP contribution < -0.4 is 15.4 Å². The standard InChI is InChI=1S/C20H19N3O3/c1-13(24)22-16-8-9-18(26-2)17(12-16)23-19(25)11-15-6-3-5-14-7-4-10-21-20(14)15/h3-10,12H,11H2,1-2H3,(H,22,24)(H,23,25). The summed E-state index contributed by atoms with van der Waals surface area (Å²) in [6.07, 6.45) is 1.89. The Kier molecular flexibility index (Phi) is 5.12. The molecule has 0 spiro atoms. The van der Waals surface area contributed by atoms with Crippen molar-refractivity contribution in [3.63, 3.8) is 0 Å². The van der Waals surface area contributed by atoms with Gasteiger partial charge in [0, 0.05) is 24.2 Å². The second-order valence-electron chi connectivity index (χ2n) is 5.81. The molecule has 0 saturated carbocycles. The summed E-state index contributed by atoms with van der Waals surface area (Å²) in [5.74, 6) is 0.138. The number of pyridine rings is 1. The first-order valence-electron chi connectivity index (χ1n) is 8.15. The molecule has 0 saturated heterocycles. The van der Waals surface area contributed by atoms with Crippen molar-refractivity contribution in [2.24, 2.45) is 0 Å². The summed E-state index contributed by atoms with van der Waals surface area (Å²) in [6.45, 7) is 1.43. The predicted octanol–water partition coefficient (Wildman–Crippen LogP) is 3.38. The molecule has 3 rings (SSSR count). The van der Waals surface area contributed by atoms with Gasteiger partial charge in [0.25, 0.3) is 0 Å². The third-order valence-electron chi connectivity index (χ3n) is 3.86. The van der Waals surface area contributed by atoms with E-state index in [0.717, 1.165) is 16.5 Å². The van der Waals surface area contributed by atoms with Gasteiger partial charge < -0.3 is 15.4 Å². The van der Waals surface area contributed by atoms with E-state index in [1.807, 2.05) is 30.3 Å². The summed E-state index contributed by atoms with van der Waals surface area (Å²) < 4.78 is 5.29. The number of hydrogen-bond donors (Lipinski definition) is 2. The normalized spacial score (nSPS) is 10.4. The third-order valence-corrected chi connectivity index (χ3v) is 3.86. The van der Waals surface area contributed by atoms with Crippen LogP contribution in [0.25, 0.3) is 10.9 Å². The van der Waals surface area contributed by atoms with E-state index in [1.54, 1.807) is 24.4 Å². The van der Waals surface area contributed by atoms with Gasteiger partial charge in [-0.1, -0.05) is 24.3 Å². The number of methoxy groups -OCH3 is 1. The molecule has 2 amide bonds. The monoisotopic (exact) mass is 349 g/mol. The predicted molar refractivity (Wildman–Crippen MR) is 101 cm³/mol. The van der Waals surface area contributed by atoms with Crippen molar-refractivity contribution in [2.75, 3.05) is 17.7 Å². The van der Waals surface area contributed by atoms with Crippen molar-refractivity contribution in [1.82, 2.24) is 4.98 Å². The second-order valence-corrected chi connectivity index (χ2v) is 5.81. The zero-order chi connectivity index (χ0) is 18.5. The molecule has 2 aromatic carbocycles. The Morgan fingerprint density at radius 3 is 2.65 bits per heavy atom. The Bertz CT molecular complexity index is 964. The molecule has 132 valence electrons. The number of para-hydroxylation sites is 1. The third kappa shape index (κ3) is 3.97. The topological polar surface area (TPSA) is 80.3 Å². The first kappa shape index (κ1) is 17.4. The quantitative estimate of drug-likeness (QED) is 0.740. The number of nitrogens with one attached hydrogen (secondary N) is 2. The molecule has 6 nitrogen and oxygen atoms in total. The fourth-order valence-corrected chi connectivity index (χ4v) is 2.76. The van der Waals surface area contributed by atoms with E-state index in [-0.39, 0.29) is 18.2 Å². The van der Waals surface area contributed by atoms with Crippen molar-refractivity contribution < 1.29 is 14.3 Å². The van der Waals surface area contributed by atoms with Crippen molar-refractivity contribution in [1.29, 1.82) is 0 Å². The molecule has 3 aromatic rings. The Morgan fingerprint density at radius 1 is 1.08 bits per heavy atom. The van der Waals surface area contributed by atoms with Crippen LogP contribution in [0.15, 0.2) is 54.7 Å². The SMILES string of the molecule is COc1ccc(NC(C)=O)cc1NC(=O)Cc1cccc2cccnc12. The molecule has 0 bridgehead atoms. The molecule has 1 aromatic heterocycles. The molecule has 0 fully saturated rings. The van der Waals surface area contributed by atoms with E-state index >= 15 is 0 Å². The lowest BCUT2D eigenvalue weighted by Crippen LogP contribution is -2.16. The van der Waals surface area contributed by atoms with Crippen LogP contribution in [0, 0.1) is 0 Å². The van der Waals surface area contributed by atoms with Gasteiger partial charge in [0.1, 0.15) is 5.75 Å². The molecule has 2 N–H and O–H groups in total. The number of fused-ring (bicyclic) bond motifs is 1. The van der Waals surface area contributed by atoms with Crippen molar-refractivity contribution >= 4 is 34.1 Å². The van der Waals surface area contributed by atoms with Gasteiger partial charge in [0.2, 0.25) is 11.8 Å². The molecule has 0 atom stereocenters. The van der Waals surface area contributed by atoms with Gasteiger partial charge in [-0.15, -0.1) is 0 Å². The van der Waals surface area contributed by atoms with Crippen LogP contribution in [-0.2, 0) is 16.0 Å². The fourth-order valence-electron chi connectivity index (χ4n) is 2.76. The van der Waals surface area contributed by atoms with Crippen LogP contribution in [0.3, 0.4) is 0 Å². The summed E-state index contributed by atoms with van der Waals surface area (Å²) in [5.41, 5.74) is 2.74. The minimum atomic E-state index is -0.193. The number of carbonyl (C=O) groups is 2. The molecule has 0 aliphatic rings. The van der Waals surface area contributed by atoms with Crippen molar-refractivity contribution in [3.8, 4) is 5.75 Å². The average molecular weight is 349 g/mol. The Balaban J connectivity index is 1.82. The van der Waals surface area contributed by atoms with E-state index in [4.69, 9.17) is 4.74 Å². The number of anilines is 2. The number of hydrogen-bond acceptors (Lipinski definition) is 4. The minimum Gasteiger partial charge on any atom is -0.495 e. The Labute approximate surface area is 151 Å². The highest BCUT2D eigenvalue weighted by atomic mass is 16.5. The lowest BCUT2D eigenvalue weighted by Gasteiger charge is -2.13. The summed E-state index contributed by atoms with van der Waals surface area (Å²) in [5, 5.41) is 6.52. The minimum absolute atomic E-state index is 0.182. The van der Waals surface area contributed by atoms with E-state index in [2.05, 4.69) is 15.6 Å². The first-order chi connectivity index (χ1) is 12.6. The van der Waals surface area contributed by atoms with Crippen LogP contribution in [0.1, 0.15) is 12.5 Å². The molecule has 1 heterocycles. The van der Waals surface area contributed by atoms with E-state index in [9.17, 15) is 9.59 Å². The number of aromatic nitrogens is 1. The van der Waals surface area contributed by atoms with Crippen LogP contribution in [0.5, 0.6) is 5.75 Å². The number of amides is 2. The largest absolute Gasteiger partial charge is 0.495 e. The molecule has 6 heteroatoms. The first-order valence-corrected chi connectivity index (χ1v) is 8.15. The van der Waals surface area contributed by atoms with E-state index < -0.39 is 0 Å². The summed E-state index contributed by atoms with van der Waals surface area (Å²) in [7, 11) is 1.53. The maximum Gasteiger partial charge on any atom is 0.228 e. The van der Waals surface area contributed by atoms with Gasteiger partial charge in [0.05, 0.1) is 24.7 Å². The lowest BCUT2D eigenvalue weighted by molar-refractivity contribution is -0.115. The molecule has 0 aliphatic heterocycles. The molecule has 0 radical (unpaired) electrons. The zero-order valence-corrected chi connectivity index (χ0v) is 14.6. The number of benzene rings is 2. The van der Waals surface area contributed by atoms with Crippen LogP contribution in [0.4, 0.5) is 11.4 Å². The highest BCUT2D eigenvalue weighted by molar-refractivity contribution is 5.97. The maximum atomic E-state index is 12.5. The van der Waals surface area contributed by atoms with Crippen LogP contribution in [-0.4, -0.2) is 23.9 Å². The lowest BCUT2D eigenvalue weighted by atomic mass is 10.1. The Hall–Kier alpha value is -3.41. The highest BCUT2D eigenvalue weighted by Crippen LogP contribution is 2.28. The second kappa shape index (κ2) is 7.65. The molecular formula is C20H19N3O3. The number of nitrogens with zero attached hydrogens (tertiary/aromatic N) is 1. The van der Waals surface area contributed by atoms with Gasteiger partial charge in [0.15, 0.2) is 0 Å². The number of ether oxygens (including phenoxy) is 1. The molecule has 0 unspecified atom stereocenters. The molecule has 0 aliphatic carbocycles. The van der Waals surface area contributed by atoms with Gasteiger partial charge in [-0.05, 0) is 29.8 Å². The number of rotatable bonds is 5. The van der Waals surface area contributed by atoms with Crippen molar-refractivity contribution in [2.45, 2.75) is 13.3 Å². The van der Waals surface area contributed by atoms with E-state index in [1.165, 1.54) is 14.0 Å². The molecule has 26 heavy (non-hydrogen) atoms. The van der Waals surface area contributed by atoms with E-state index in [0.29, 0.717) is 17.1 Å². The summed E-state index contributed by atoms with van der Waals surface area (Å²) in [6, 6.07) is 14.7. The summed E-state index contributed by atoms with van der Waals surface area (Å²) >= 11 is 0. The number of carbonyl (C=O) groups excluding carboxylic acids is 2. The Morgan fingerprint density at radius 2 is 1.88 bits per heavy atom. The zero-order valence-electron chi connectivity index (χ0n) is 14.6.